The van der Waals surface area contributed by atoms with Gasteiger partial charge in [-0.3, -0.25) is 10.1 Å². The summed E-state index contributed by atoms with van der Waals surface area (Å²) in [6.07, 6.45) is 0. The minimum Gasteiger partial charge on any atom is -0.486 e. The molecule has 0 N–H and O–H groups in total. The lowest BCUT2D eigenvalue weighted by atomic mass is 10.2. The molecule has 0 spiro atoms. The highest BCUT2D eigenvalue weighted by molar-refractivity contribution is 7.98. The predicted octanol–water partition coefficient (Wildman–Crippen LogP) is 4.31. The molecule has 0 aromatic heterocycles. The Morgan fingerprint density at radius 3 is 2.64 bits per heavy atom. The van der Waals surface area contributed by atoms with Gasteiger partial charge in [-0.05, 0) is 29.8 Å². The predicted molar refractivity (Wildman–Crippen MR) is 85.1 cm³/mol. The van der Waals surface area contributed by atoms with Crippen molar-refractivity contribution in [1.29, 1.82) is 0 Å². The maximum atomic E-state index is 10.6. The SMILES string of the molecule is O=[N+]([O-])c1ccc(SCc2cc(Cl)c3c(c2)OCCO3)cc1. The lowest BCUT2D eigenvalue weighted by Gasteiger charge is -2.20. The Kier molecular flexibility index (Phi) is 4.40. The summed E-state index contributed by atoms with van der Waals surface area (Å²) in [7, 11) is 0. The highest BCUT2D eigenvalue weighted by atomic mass is 35.5. The molecule has 0 atom stereocenters. The average molecular weight is 338 g/mol. The van der Waals surface area contributed by atoms with Gasteiger partial charge in [0.15, 0.2) is 11.5 Å². The van der Waals surface area contributed by atoms with E-state index in [-0.39, 0.29) is 5.69 Å². The standard InChI is InChI=1S/C15H12ClNO4S/c16-13-7-10(8-14-15(13)21-6-5-20-14)9-22-12-3-1-11(2-4-12)17(18)19/h1-4,7-8H,5-6,9H2. The summed E-state index contributed by atoms with van der Waals surface area (Å²) in [6.45, 7) is 1.02. The molecule has 0 unspecified atom stereocenters. The van der Waals surface area contributed by atoms with Gasteiger partial charge in [0.2, 0.25) is 0 Å². The fraction of sp³-hybridized carbons (Fsp3) is 0.200. The highest BCUT2D eigenvalue weighted by Gasteiger charge is 2.16. The molecule has 2 aromatic rings. The number of nitrogens with zero attached hydrogens (tertiary/aromatic N) is 1. The Balaban J connectivity index is 1.71. The van der Waals surface area contributed by atoms with Gasteiger partial charge in [0.25, 0.3) is 5.69 Å². The fourth-order valence-electron chi connectivity index (χ4n) is 2.08. The van der Waals surface area contributed by atoms with Gasteiger partial charge in [0.1, 0.15) is 13.2 Å². The Morgan fingerprint density at radius 2 is 1.91 bits per heavy atom. The maximum Gasteiger partial charge on any atom is 0.269 e. The van der Waals surface area contributed by atoms with Crippen molar-refractivity contribution < 1.29 is 14.4 Å². The number of thioether (sulfide) groups is 1. The summed E-state index contributed by atoms with van der Waals surface area (Å²) in [5, 5.41) is 11.2. The number of benzene rings is 2. The van der Waals surface area contributed by atoms with Gasteiger partial charge in [-0.1, -0.05) is 11.6 Å². The number of nitro groups is 1. The lowest BCUT2D eigenvalue weighted by Crippen LogP contribution is -2.15. The van der Waals surface area contributed by atoms with E-state index in [1.807, 2.05) is 12.1 Å². The minimum atomic E-state index is -0.408. The van der Waals surface area contributed by atoms with E-state index in [1.54, 1.807) is 23.9 Å². The monoisotopic (exact) mass is 337 g/mol. The maximum absolute atomic E-state index is 10.6. The lowest BCUT2D eigenvalue weighted by molar-refractivity contribution is -0.384. The molecule has 114 valence electrons. The zero-order chi connectivity index (χ0) is 15.5. The summed E-state index contributed by atoms with van der Waals surface area (Å²) in [5.74, 6) is 1.95. The first-order valence-corrected chi connectivity index (χ1v) is 7.95. The molecule has 1 aliphatic rings. The van der Waals surface area contributed by atoms with Crippen LogP contribution in [0.25, 0.3) is 0 Å². The summed E-state index contributed by atoms with van der Waals surface area (Å²) in [4.78, 5) is 11.2. The fourth-order valence-corrected chi connectivity index (χ4v) is 3.19. The molecule has 0 saturated heterocycles. The molecule has 2 aromatic carbocycles. The van der Waals surface area contributed by atoms with Crippen LogP contribution in [0.5, 0.6) is 11.5 Å². The summed E-state index contributed by atoms with van der Waals surface area (Å²) < 4.78 is 11.0. The number of rotatable bonds is 4. The van der Waals surface area contributed by atoms with Crippen LogP contribution in [0.3, 0.4) is 0 Å². The summed E-state index contributed by atoms with van der Waals surface area (Å²) in [5.41, 5.74) is 1.10. The second-order valence-electron chi connectivity index (χ2n) is 4.64. The number of hydrogen-bond donors (Lipinski definition) is 0. The largest absolute Gasteiger partial charge is 0.486 e. The molecule has 5 nitrogen and oxygen atoms in total. The molecule has 3 rings (SSSR count). The number of fused-ring (bicyclic) bond motifs is 1. The first kappa shape index (κ1) is 15.0. The number of ether oxygens (including phenoxy) is 2. The van der Waals surface area contributed by atoms with Crippen molar-refractivity contribution in [3.8, 4) is 11.5 Å². The van der Waals surface area contributed by atoms with Crippen LogP contribution in [0.2, 0.25) is 5.02 Å². The van der Waals surface area contributed by atoms with Crippen LogP contribution in [0.4, 0.5) is 5.69 Å². The van der Waals surface area contributed by atoms with E-state index < -0.39 is 4.92 Å². The van der Waals surface area contributed by atoms with Gasteiger partial charge in [-0.15, -0.1) is 11.8 Å². The van der Waals surface area contributed by atoms with Crippen molar-refractivity contribution in [1.82, 2.24) is 0 Å². The molecule has 0 radical (unpaired) electrons. The molecule has 22 heavy (non-hydrogen) atoms. The van der Waals surface area contributed by atoms with Gasteiger partial charge >= 0.3 is 0 Å². The molecule has 0 amide bonds. The molecule has 0 bridgehead atoms. The molecule has 1 aliphatic heterocycles. The van der Waals surface area contributed by atoms with E-state index in [9.17, 15) is 10.1 Å². The Hall–Kier alpha value is -1.92. The van der Waals surface area contributed by atoms with Crippen molar-refractivity contribution in [2.24, 2.45) is 0 Å². The topological polar surface area (TPSA) is 61.6 Å². The van der Waals surface area contributed by atoms with E-state index in [4.69, 9.17) is 21.1 Å². The first-order chi connectivity index (χ1) is 10.6. The highest BCUT2D eigenvalue weighted by Crippen LogP contribution is 2.39. The second kappa shape index (κ2) is 6.46. The van der Waals surface area contributed by atoms with Gasteiger partial charge in [-0.25, -0.2) is 0 Å². The second-order valence-corrected chi connectivity index (χ2v) is 6.10. The average Bonchev–Trinajstić information content (AvgIpc) is 2.53. The Morgan fingerprint density at radius 1 is 1.18 bits per heavy atom. The summed E-state index contributed by atoms with van der Waals surface area (Å²) in [6, 6.07) is 10.2. The number of nitro benzene ring substituents is 1. The number of hydrogen-bond acceptors (Lipinski definition) is 5. The van der Waals surface area contributed by atoms with Crippen molar-refractivity contribution in [2.75, 3.05) is 13.2 Å². The minimum absolute atomic E-state index is 0.0896. The molecule has 0 aliphatic carbocycles. The number of non-ortho nitro benzene ring substituents is 1. The van der Waals surface area contributed by atoms with E-state index in [0.29, 0.717) is 35.5 Å². The van der Waals surface area contributed by atoms with E-state index >= 15 is 0 Å². The van der Waals surface area contributed by atoms with Crippen LogP contribution in [-0.2, 0) is 5.75 Å². The third kappa shape index (κ3) is 3.28. The van der Waals surface area contributed by atoms with Gasteiger partial charge in [0, 0.05) is 22.8 Å². The van der Waals surface area contributed by atoms with E-state index in [1.165, 1.54) is 12.1 Å². The first-order valence-electron chi connectivity index (χ1n) is 6.59. The van der Waals surface area contributed by atoms with Crippen LogP contribution in [-0.4, -0.2) is 18.1 Å². The van der Waals surface area contributed by atoms with E-state index in [2.05, 4.69) is 0 Å². The Labute approximate surface area is 136 Å². The molecule has 7 heteroatoms. The van der Waals surface area contributed by atoms with Crippen LogP contribution in [0.15, 0.2) is 41.3 Å². The molecule has 0 fully saturated rings. The number of halogens is 1. The van der Waals surface area contributed by atoms with Crippen LogP contribution >= 0.6 is 23.4 Å². The molecular formula is C15H12ClNO4S. The van der Waals surface area contributed by atoms with Crippen molar-refractivity contribution >= 4 is 29.1 Å². The van der Waals surface area contributed by atoms with Crippen LogP contribution < -0.4 is 9.47 Å². The van der Waals surface area contributed by atoms with Crippen LogP contribution in [0, 0.1) is 10.1 Å². The zero-order valence-electron chi connectivity index (χ0n) is 11.5. The van der Waals surface area contributed by atoms with Crippen molar-refractivity contribution in [3.63, 3.8) is 0 Å². The van der Waals surface area contributed by atoms with Crippen LogP contribution in [0.1, 0.15) is 5.56 Å². The molecule has 1 heterocycles. The van der Waals surface area contributed by atoms with Gasteiger partial charge in [0.05, 0.1) is 9.95 Å². The molecule has 0 saturated carbocycles. The van der Waals surface area contributed by atoms with Crippen molar-refractivity contribution in [3.05, 3.63) is 57.1 Å². The Bertz CT molecular complexity index is 705. The molecular weight excluding hydrogens is 326 g/mol. The third-order valence-electron chi connectivity index (χ3n) is 3.11. The smallest absolute Gasteiger partial charge is 0.269 e. The normalized spacial score (nSPS) is 13.0. The zero-order valence-corrected chi connectivity index (χ0v) is 13.0. The van der Waals surface area contributed by atoms with Crippen molar-refractivity contribution in [2.45, 2.75) is 10.6 Å². The van der Waals surface area contributed by atoms with Gasteiger partial charge in [-0.2, -0.15) is 0 Å². The third-order valence-corrected chi connectivity index (χ3v) is 4.47. The van der Waals surface area contributed by atoms with E-state index in [0.717, 1.165) is 10.5 Å². The summed E-state index contributed by atoms with van der Waals surface area (Å²) >= 11 is 7.77. The quantitative estimate of drug-likeness (QED) is 0.472. The van der Waals surface area contributed by atoms with Gasteiger partial charge < -0.3 is 9.47 Å².